The Kier molecular flexibility index (Phi) is 3.75. The number of nitrogens with one attached hydrogen (secondary N) is 1. The van der Waals surface area contributed by atoms with Crippen molar-refractivity contribution in [3.8, 4) is 11.3 Å². The van der Waals surface area contributed by atoms with E-state index < -0.39 is 0 Å². The molecule has 0 aliphatic heterocycles. The van der Waals surface area contributed by atoms with Crippen molar-refractivity contribution < 1.29 is 4.52 Å². The molecule has 1 aromatic carbocycles. The van der Waals surface area contributed by atoms with Gasteiger partial charge < -0.3 is 9.84 Å². The van der Waals surface area contributed by atoms with Crippen LogP contribution in [0, 0.1) is 20.8 Å². The summed E-state index contributed by atoms with van der Waals surface area (Å²) in [5, 5.41) is 10.6. The normalized spacial score (nSPS) is 10.8. The fourth-order valence-electron chi connectivity index (χ4n) is 2.23. The van der Waals surface area contributed by atoms with E-state index in [1.54, 1.807) is 11.3 Å². The Bertz CT molecular complexity index is 741. The van der Waals surface area contributed by atoms with Gasteiger partial charge in [0, 0.05) is 28.7 Å². The van der Waals surface area contributed by atoms with E-state index in [0.717, 1.165) is 39.0 Å². The first-order valence-electron chi connectivity index (χ1n) is 6.81. The number of aryl methyl sites for hydroxylation is 3. The molecule has 3 aromatic rings. The number of aromatic nitrogens is 2. The molecule has 0 radical (unpaired) electrons. The zero-order chi connectivity index (χ0) is 14.8. The Morgan fingerprint density at radius 1 is 1.24 bits per heavy atom. The molecule has 5 heteroatoms. The van der Waals surface area contributed by atoms with Crippen LogP contribution in [0.1, 0.15) is 22.0 Å². The first kappa shape index (κ1) is 13.8. The largest absolute Gasteiger partial charge is 0.381 e. The van der Waals surface area contributed by atoms with E-state index in [-0.39, 0.29) is 0 Å². The van der Waals surface area contributed by atoms with E-state index in [9.17, 15) is 0 Å². The van der Waals surface area contributed by atoms with Crippen molar-refractivity contribution in [1.29, 1.82) is 0 Å². The van der Waals surface area contributed by atoms with E-state index in [1.807, 2.05) is 26.8 Å². The summed E-state index contributed by atoms with van der Waals surface area (Å²) in [6, 6.07) is 8.29. The average Bonchev–Trinajstić information content (AvgIpc) is 3.04. The van der Waals surface area contributed by atoms with Crippen LogP contribution in [-0.2, 0) is 6.54 Å². The molecule has 2 heterocycles. The number of anilines is 1. The molecule has 1 N–H and O–H groups in total. The van der Waals surface area contributed by atoms with Crippen LogP contribution in [0.3, 0.4) is 0 Å². The van der Waals surface area contributed by atoms with Gasteiger partial charge in [0.2, 0.25) is 0 Å². The molecule has 0 aliphatic rings. The highest BCUT2D eigenvalue weighted by Crippen LogP contribution is 2.24. The summed E-state index contributed by atoms with van der Waals surface area (Å²) >= 11 is 1.67. The second-order valence-corrected chi connectivity index (χ2v) is 6.05. The highest BCUT2D eigenvalue weighted by atomic mass is 32.1. The van der Waals surface area contributed by atoms with Gasteiger partial charge in [0.1, 0.15) is 5.76 Å². The molecule has 0 bridgehead atoms. The zero-order valence-electron chi connectivity index (χ0n) is 12.3. The molecular weight excluding hydrogens is 282 g/mol. The SMILES string of the molecule is Cc1nc(-c2cccc(NCc3c(C)noc3C)c2)cs1. The fraction of sp³-hybridized carbons (Fsp3) is 0.250. The standard InChI is InChI=1S/C16H17N3OS/c1-10-15(11(2)20-19-10)8-17-14-6-4-5-13(7-14)16-9-21-12(3)18-16/h4-7,9,17H,8H2,1-3H3. The Balaban J connectivity index is 1.78. The molecule has 4 nitrogen and oxygen atoms in total. The van der Waals surface area contributed by atoms with Crippen molar-refractivity contribution >= 4 is 17.0 Å². The van der Waals surface area contributed by atoms with Crippen LogP contribution in [0.5, 0.6) is 0 Å². The molecule has 0 unspecified atom stereocenters. The molecule has 0 saturated heterocycles. The van der Waals surface area contributed by atoms with E-state index in [1.165, 1.54) is 0 Å². The van der Waals surface area contributed by atoms with Crippen molar-refractivity contribution in [1.82, 2.24) is 10.1 Å². The summed E-state index contributed by atoms with van der Waals surface area (Å²) in [6.07, 6.45) is 0. The van der Waals surface area contributed by atoms with E-state index in [4.69, 9.17) is 4.52 Å². The maximum atomic E-state index is 5.18. The summed E-state index contributed by atoms with van der Waals surface area (Å²) < 4.78 is 5.18. The third-order valence-corrected chi connectivity index (χ3v) is 4.20. The van der Waals surface area contributed by atoms with E-state index in [0.29, 0.717) is 6.54 Å². The first-order chi connectivity index (χ1) is 10.1. The van der Waals surface area contributed by atoms with Gasteiger partial charge in [0.25, 0.3) is 0 Å². The summed E-state index contributed by atoms with van der Waals surface area (Å²) in [7, 11) is 0. The summed E-state index contributed by atoms with van der Waals surface area (Å²) in [5.41, 5.74) is 5.27. The highest BCUT2D eigenvalue weighted by molar-refractivity contribution is 7.09. The maximum Gasteiger partial charge on any atom is 0.138 e. The summed E-state index contributed by atoms with van der Waals surface area (Å²) in [6.45, 7) is 6.63. The molecule has 0 fully saturated rings. The number of hydrogen-bond donors (Lipinski definition) is 1. The minimum atomic E-state index is 0.709. The van der Waals surface area contributed by atoms with Gasteiger partial charge >= 0.3 is 0 Å². The minimum Gasteiger partial charge on any atom is -0.381 e. The number of benzene rings is 1. The Morgan fingerprint density at radius 2 is 2.10 bits per heavy atom. The lowest BCUT2D eigenvalue weighted by molar-refractivity contribution is 0.392. The number of nitrogens with zero attached hydrogens (tertiary/aromatic N) is 2. The number of hydrogen-bond acceptors (Lipinski definition) is 5. The average molecular weight is 299 g/mol. The van der Waals surface area contributed by atoms with Crippen LogP contribution < -0.4 is 5.32 Å². The molecule has 0 spiro atoms. The predicted octanol–water partition coefficient (Wildman–Crippen LogP) is 4.34. The second kappa shape index (κ2) is 5.69. The Labute approximate surface area is 127 Å². The molecular formula is C16H17N3OS. The lowest BCUT2D eigenvalue weighted by atomic mass is 10.1. The lowest BCUT2D eigenvalue weighted by Gasteiger charge is -2.07. The Hall–Kier alpha value is -2.14. The smallest absolute Gasteiger partial charge is 0.138 e. The van der Waals surface area contributed by atoms with Gasteiger partial charge in [-0.2, -0.15) is 0 Å². The quantitative estimate of drug-likeness (QED) is 0.778. The van der Waals surface area contributed by atoms with Crippen LogP contribution >= 0.6 is 11.3 Å². The number of rotatable bonds is 4. The van der Waals surface area contributed by atoms with E-state index in [2.05, 4.69) is 39.0 Å². The minimum absolute atomic E-state index is 0.709. The summed E-state index contributed by atoms with van der Waals surface area (Å²) in [4.78, 5) is 4.53. The second-order valence-electron chi connectivity index (χ2n) is 4.99. The van der Waals surface area contributed by atoms with Crippen LogP contribution in [0.2, 0.25) is 0 Å². The predicted molar refractivity (Wildman–Crippen MR) is 85.6 cm³/mol. The van der Waals surface area contributed by atoms with Crippen LogP contribution in [-0.4, -0.2) is 10.1 Å². The number of thiazole rings is 1. The molecule has 0 amide bonds. The molecule has 0 aliphatic carbocycles. The van der Waals surface area contributed by atoms with E-state index >= 15 is 0 Å². The highest BCUT2D eigenvalue weighted by Gasteiger charge is 2.09. The van der Waals surface area contributed by atoms with Gasteiger partial charge in [-0.05, 0) is 32.9 Å². The monoisotopic (exact) mass is 299 g/mol. The third kappa shape index (κ3) is 2.97. The molecule has 3 rings (SSSR count). The third-order valence-electron chi connectivity index (χ3n) is 3.43. The van der Waals surface area contributed by atoms with Crippen molar-refractivity contribution in [2.75, 3.05) is 5.32 Å². The first-order valence-corrected chi connectivity index (χ1v) is 7.69. The van der Waals surface area contributed by atoms with Crippen molar-refractivity contribution in [2.45, 2.75) is 27.3 Å². The van der Waals surface area contributed by atoms with Gasteiger partial charge in [0.05, 0.1) is 16.4 Å². The topological polar surface area (TPSA) is 51.0 Å². The molecule has 0 atom stereocenters. The Morgan fingerprint density at radius 3 is 2.76 bits per heavy atom. The van der Waals surface area contributed by atoms with Crippen molar-refractivity contribution in [2.24, 2.45) is 0 Å². The maximum absolute atomic E-state index is 5.18. The molecule has 0 saturated carbocycles. The lowest BCUT2D eigenvalue weighted by Crippen LogP contribution is -2.01. The van der Waals surface area contributed by atoms with Crippen LogP contribution in [0.4, 0.5) is 5.69 Å². The zero-order valence-corrected chi connectivity index (χ0v) is 13.1. The van der Waals surface area contributed by atoms with Crippen molar-refractivity contribution in [3.05, 3.63) is 51.7 Å². The molecule has 2 aromatic heterocycles. The van der Waals surface area contributed by atoms with Gasteiger partial charge in [-0.1, -0.05) is 17.3 Å². The van der Waals surface area contributed by atoms with Gasteiger partial charge in [-0.3, -0.25) is 0 Å². The van der Waals surface area contributed by atoms with Crippen LogP contribution in [0.15, 0.2) is 34.2 Å². The van der Waals surface area contributed by atoms with Crippen LogP contribution in [0.25, 0.3) is 11.3 Å². The van der Waals surface area contributed by atoms with Gasteiger partial charge in [-0.15, -0.1) is 11.3 Å². The molecule has 21 heavy (non-hydrogen) atoms. The molecule has 108 valence electrons. The van der Waals surface area contributed by atoms with Gasteiger partial charge in [-0.25, -0.2) is 4.98 Å². The van der Waals surface area contributed by atoms with Crippen molar-refractivity contribution in [3.63, 3.8) is 0 Å². The van der Waals surface area contributed by atoms with Gasteiger partial charge in [0.15, 0.2) is 0 Å². The fourth-order valence-corrected chi connectivity index (χ4v) is 2.85. The summed E-state index contributed by atoms with van der Waals surface area (Å²) in [5.74, 6) is 0.867.